The van der Waals surface area contributed by atoms with Crippen LogP contribution in [0.5, 0.6) is 0 Å². The van der Waals surface area contributed by atoms with Gasteiger partial charge >= 0.3 is 6.18 Å². The maximum Gasteiger partial charge on any atom is 0.417 e. The average Bonchev–Trinajstić information content (AvgIpc) is 3.13. The van der Waals surface area contributed by atoms with Gasteiger partial charge < -0.3 is 16.0 Å². The highest BCUT2D eigenvalue weighted by Crippen LogP contribution is 2.66. The number of carbonyl (C=O) groups excluding carboxylic acids is 2. The van der Waals surface area contributed by atoms with Gasteiger partial charge in [0.05, 0.1) is 11.3 Å². The number of aromatic nitrogens is 1. The van der Waals surface area contributed by atoms with Crippen molar-refractivity contribution in [3.8, 4) is 0 Å². The molecule has 1 aromatic heterocycles. The number of halogens is 3. The Hall–Kier alpha value is -2.58. The van der Waals surface area contributed by atoms with Crippen molar-refractivity contribution in [3.63, 3.8) is 0 Å². The summed E-state index contributed by atoms with van der Waals surface area (Å²) < 4.78 is 38.7. The first-order valence-corrected chi connectivity index (χ1v) is 12.9. The van der Waals surface area contributed by atoms with E-state index < -0.39 is 11.7 Å². The number of nitrogens with zero attached hydrogens (tertiary/aromatic N) is 2. The molecule has 0 aromatic carbocycles. The van der Waals surface area contributed by atoms with Crippen LogP contribution in [-0.2, 0) is 15.8 Å². The lowest BCUT2D eigenvalue weighted by molar-refractivity contribution is -0.139. The van der Waals surface area contributed by atoms with Gasteiger partial charge in [-0.05, 0) is 79.8 Å². The van der Waals surface area contributed by atoms with E-state index in [0.29, 0.717) is 30.4 Å². The lowest BCUT2D eigenvalue weighted by Crippen LogP contribution is -2.59. The molecule has 3 saturated carbocycles. The Kier molecular flexibility index (Phi) is 5.91. The molecule has 4 aliphatic rings. The predicted molar refractivity (Wildman–Crippen MR) is 130 cm³/mol. The number of nitrogen functional groups attached to an aromatic ring is 1. The van der Waals surface area contributed by atoms with Gasteiger partial charge in [-0.2, -0.15) is 13.2 Å². The molecular weight excluding hydrogens is 469 g/mol. The van der Waals surface area contributed by atoms with Gasteiger partial charge in [0.15, 0.2) is 5.82 Å². The molecule has 7 atom stereocenters. The molecule has 0 spiro atoms. The lowest BCUT2D eigenvalue weighted by atomic mass is 9.47. The summed E-state index contributed by atoms with van der Waals surface area (Å²) in [5.41, 5.74) is 4.65. The Morgan fingerprint density at radius 3 is 2.64 bits per heavy atom. The second-order valence-corrected chi connectivity index (χ2v) is 11.8. The van der Waals surface area contributed by atoms with Gasteiger partial charge in [-0.1, -0.05) is 19.9 Å². The molecule has 1 aromatic rings. The van der Waals surface area contributed by atoms with Crippen molar-refractivity contribution in [1.29, 1.82) is 0 Å². The minimum atomic E-state index is -4.54. The summed E-state index contributed by atoms with van der Waals surface area (Å²) in [6, 6.07) is 1.04. The molecule has 0 unspecified atom stereocenters. The molecule has 196 valence electrons. The van der Waals surface area contributed by atoms with Crippen molar-refractivity contribution in [2.24, 2.45) is 34.5 Å². The Morgan fingerprint density at radius 2 is 1.94 bits per heavy atom. The van der Waals surface area contributed by atoms with Crippen LogP contribution in [0.3, 0.4) is 0 Å². The largest absolute Gasteiger partial charge is 0.417 e. The monoisotopic (exact) mass is 504 g/mol. The molecule has 0 saturated heterocycles. The van der Waals surface area contributed by atoms with Crippen LogP contribution in [0.25, 0.3) is 0 Å². The molecule has 2 heterocycles. The number of hydrogen-bond donors (Lipinski definition) is 2. The molecule has 1 aliphatic heterocycles. The molecule has 36 heavy (non-hydrogen) atoms. The predicted octanol–water partition coefficient (Wildman–Crippen LogP) is 5.27. The van der Waals surface area contributed by atoms with E-state index in [4.69, 9.17) is 5.73 Å². The highest BCUT2D eigenvalue weighted by atomic mass is 19.4. The minimum Gasteiger partial charge on any atom is -0.396 e. The van der Waals surface area contributed by atoms with Crippen LogP contribution in [0.4, 0.5) is 24.7 Å². The summed E-state index contributed by atoms with van der Waals surface area (Å²) in [6.07, 6.45) is 6.63. The van der Waals surface area contributed by atoms with E-state index >= 15 is 0 Å². The summed E-state index contributed by atoms with van der Waals surface area (Å²) in [6.45, 7) is 4.64. The Labute approximate surface area is 209 Å². The van der Waals surface area contributed by atoms with E-state index in [9.17, 15) is 22.8 Å². The summed E-state index contributed by atoms with van der Waals surface area (Å²) in [5.74, 6) is 1.63. The smallest absolute Gasteiger partial charge is 0.396 e. The Bertz CT molecular complexity index is 1100. The highest BCUT2D eigenvalue weighted by Gasteiger charge is 2.60. The molecule has 0 bridgehead atoms. The van der Waals surface area contributed by atoms with E-state index in [0.717, 1.165) is 44.6 Å². The summed E-state index contributed by atoms with van der Waals surface area (Å²) in [7, 11) is 1.92. The van der Waals surface area contributed by atoms with Gasteiger partial charge in [0.25, 0.3) is 0 Å². The van der Waals surface area contributed by atoms with Crippen molar-refractivity contribution in [2.75, 3.05) is 18.1 Å². The van der Waals surface area contributed by atoms with E-state index in [2.05, 4.69) is 30.2 Å². The maximum absolute atomic E-state index is 12.9. The average molecular weight is 505 g/mol. The number of nitrogens with two attached hydrogens (primary N) is 1. The topological polar surface area (TPSA) is 88.3 Å². The molecule has 6 nitrogen and oxygen atoms in total. The van der Waals surface area contributed by atoms with Crippen molar-refractivity contribution >= 4 is 23.3 Å². The Morgan fingerprint density at radius 1 is 1.19 bits per heavy atom. The first kappa shape index (κ1) is 25.1. The van der Waals surface area contributed by atoms with Crippen LogP contribution in [-0.4, -0.2) is 34.8 Å². The van der Waals surface area contributed by atoms with Crippen LogP contribution >= 0.6 is 0 Å². The zero-order valence-electron chi connectivity index (χ0n) is 21.1. The van der Waals surface area contributed by atoms with Crippen molar-refractivity contribution in [1.82, 2.24) is 9.88 Å². The van der Waals surface area contributed by atoms with Crippen LogP contribution in [0.2, 0.25) is 0 Å². The van der Waals surface area contributed by atoms with E-state index in [1.165, 1.54) is 0 Å². The number of nitrogens with one attached hydrogen (secondary N) is 1. The number of rotatable bonds is 3. The first-order chi connectivity index (χ1) is 16.8. The van der Waals surface area contributed by atoms with Crippen molar-refractivity contribution in [3.05, 3.63) is 30.0 Å². The van der Waals surface area contributed by atoms with Gasteiger partial charge in [0, 0.05) is 31.1 Å². The molecule has 3 fully saturated rings. The third-order valence-electron chi connectivity index (χ3n) is 10.3. The Balaban J connectivity index is 1.28. The minimum absolute atomic E-state index is 0.0197. The summed E-state index contributed by atoms with van der Waals surface area (Å²) >= 11 is 0. The molecule has 0 radical (unpaired) electrons. The number of anilines is 2. The molecule has 3 N–H and O–H groups in total. The molecule has 3 aliphatic carbocycles. The van der Waals surface area contributed by atoms with Crippen LogP contribution in [0, 0.1) is 34.5 Å². The summed E-state index contributed by atoms with van der Waals surface area (Å²) in [4.78, 5) is 30.9. The lowest BCUT2D eigenvalue weighted by Gasteiger charge is -2.60. The summed E-state index contributed by atoms with van der Waals surface area (Å²) in [5, 5.41) is 2.65. The standard InChI is InChI=1S/C27H35F3N4O2/c1-25-10-8-19-17(5-7-21-26(19,2)11-9-23(36)34(21)3)18(25)6-4-15(25)13-22(35)33-24-20(31)12-16(14-32-24)27(28,29)30/h9,11-12,14-15,17-19,21H,4-8,10,13,31H2,1-3H3,(H,32,33,35)/t15-,17+,18+,19+,21-,25-,26-/m1/s1. The number of amides is 2. The third kappa shape index (κ3) is 3.89. The van der Waals surface area contributed by atoms with Crippen molar-refractivity contribution in [2.45, 2.75) is 71.0 Å². The number of pyridine rings is 1. The van der Waals surface area contributed by atoms with E-state index in [1.54, 1.807) is 6.08 Å². The van der Waals surface area contributed by atoms with E-state index in [-0.39, 0.29) is 46.1 Å². The number of carbonyl (C=O) groups is 2. The second kappa shape index (κ2) is 8.48. The zero-order valence-corrected chi connectivity index (χ0v) is 21.1. The second-order valence-electron chi connectivity index (χ2n) is 11.8. The van der Waals surface area contributed by atoms with Gasteiger partial charge in [0.2, 0.25) is 11.8 Å². The fraction of sp³-hybridized carbons (Fsp3) is 0.667. The number of likely N-dealkylation sites (N-methyl/N-ethyl adjacent to an activating group) is 1. The SMILES string of the molecule is CN1C(=O)C=C[C@]2(C)[C@H]3CC[C@]4(C)[C@@H](CC(=O)Nc5ncc(C(F)(F)F)cc5N)CC[C@H]4[C@@H]3CC[C@@H]12. The van der Waals surface area contributed by atoms with Gasteiger partial charge in [-0.25, -0.2) is 4.98 Å². The van der Waals surface area contributed by atoms with Crippen molar-refractivity contribution < 1.29 is 22.8 Å². The van der Waals surface area contributed by atoms with Crippen LogP contribution in [0.1, 0.15) is 64.4 Å². The maximum atomic E-state index is 12.9. The normalized spacial score (nSPS) is 37.8. The molecule has 2 amide bonds. The quantitative estimate of drug-likeness (QED) is 0.587. The first-order valence-electron chi connectivity index (χ1n) is 12.9. The number of hydrogen-bond acceptors (Lipinski definition) is 4. The van der Waals surface area contributed by atoms with Gasteiger partial charge in [-0.15, -0.1) is 0 Å². The van der Waals surface area contributed by atoms with E-state index in [1.807, 2.05) is 11.9 Å². The third-order valence-corrected chi connectivity index (χ3v) is 10.3. The zero-order chi connectivity index (χ0) is 26.0. The van der Waals surface area contributed by atoms with Crippen LogP contribution < -0.4 is 11.1 Å². The van der Waals surface area contributed by atoms with Crippen LogP contribution in [0.15, 0.2) is 24.4 Å². The van der Waals surface area contributed by atoms with Gasteiger partial charge in [0.1, 0.15) is 0 Å². The number of fused-ring (bicyclic) bond motifs is 5. The number of alkyl halides is 3. The molecule has 5 rings (SSSR count). The highest BCUT2D eigenvalue weighted by molar-refractivity contribution is 5.92. The fourth-order valence-electron chi connectivity index (χ4n) is 8.33. The molecule has 9 heteroatoms. The molecular formula is C27H35F3N4O2. The van der Waals surface area contributed by atoms with Gasteiger partial charge in [-0.3, -0.25) is 9.59 Å². The fourth-order valence-corrected chi connectivity index (χ4v) is 8.33.